The second kappa shape index (κ2) is 8.39. The van der Waals surface area contributed by atoms with Crippen LogP contribution in [0.25, 0.3) is 27.6 Å². The lowest BCUT2D eigenvalue weighted by Gasteiger charge is -2.16. The summed E-state index contributed by atoms with van der Waals surface area (Å²) in [4.78, 5) is 27.4. The molecule has 0 aliphatic heterocycles. The Morgan fingerprint density at radius 1 is 1.00 bits per heavy atom. The molecule has 2 aromatic carbocycles. The average Bonchev–Trinajstić information content (AvgIpc) is 3.25. The van der Waals surface area contributed by atoms with E-state index in [0.717, 1.165) is 39.7 Å². The summed E-state index contributed by atoms with van der Waals surface area (Å²) in [6.07, 6.45) is 3.75. The molecule has 0 amide bonds. The Morgan fingerprint density at radius 3 is 2.52 bits per heavy atom. The number of rotatable bonds is 2. The minimum Gasteiger partial charge on any atom is -0.382 e. The highest BCUT2D eigenvalue weighted by molar-refractivity contribution is 5.85. The Balaban J connectivity index is 0.000000192. The quantitative estimate of drug-likeness (QED) is 0.454. The molecule has 0 unspecified atom stereocenters. The van der Waals surface area contributed by atoms with Crippen molar-refractivity contribution in [2.45, 2.75) is 27.2 Å². The third-order valence-electron chi connectivity index (χ3n) is 5.30. The number of nitrogen functional groups attached to an aromatic ring is 1. The Hall–Kier alpha value is -4.00. The second-order valence-electron chi connectivity index (χ2n) is 7.32. The van der Waals surface area contributed by atoms with Crippen molar-refractivity contribution in [1.29, 1.82) is 0 Å². The van der Waals surface area contributed by atoms with Gasteiger partial charge in [0.05, 0.1) is 17.4 Å². The van der Waals surface area contributed by atoms with Gasteiger partial charge in [-0.1, -0.05) is 43.3 Å². The zero-order chi connectivity index (χ0) is 22.0. The number of aromatic nitrogens is 5. The van der Waals surface area contributed by atoms with E-state index in [2.05, 4.69) is 32.9 Å². The van der Waals surface area contributed by atoms with Gasteiger partial charge in [0.25, 0.3) is 5.56 Å². The number of aromatic amines is 1. The monoisotopic (exact) mass is 412 g/mol. The summed E-state index contributed by atoms with van der Waals surface area (Å²) < 4.78 is 1.87. The normalized spacial score (nSPS) is 10.8. The number of nitrogens with one attached hydrogen (secondary N) is 1. The van der Waals surface area contributed by atoms with Crippen LogP contribution in [0.2, 0.25) is 0 Å². The van der Waals surface area contributed by atoms with Gasteiger partial charge < -0.3 is 10.7 Å². The number of benzene rings is 2. The summed E-state index contributed by atoms with van der Waals surface area (Å²) in [5.41, 5.74) is 11.0. The minimum absolute atomic E-state index is 0.0803. The van der Waals surface area contributed by atoms with Crippen LogP contribution >= 0.6 is 0 Å². The first kappa shape index (κ1) is 20.3. The molecule has 0 aliphatic carbocycles. The Labute approximate surface area is 179 Å². The fourth-order valence-electron chi connectivity index (χ4n) is 3.71. The first-order valence-electron chi connectivity index (χ1n) is 10.1. The number of para-hydroxylation sites is 1. The van der Waals surface area contributed by atoms with Crippen molar-refractivity contribution >= 4 is 27.8 Å². The Morgan fingerprint density at radius 2 is 1.77 bits per heavy atom. The maximum atomic E-state index is 13.0. The third-order valence-corrected chi connectivity index (χ3v) is 5.30. The van der Waals surface area contributed by atoms with Crippen LogP contribution in [-0.2, 0) is 6.42 Å². The van der Waals surface area contributed by atoms with Gasteiger partial charge in [-0.15, -0.1) is 0 Å². The van der Waals surface area contributed by atoms with Crippen LogP contribution < -0.4 is 11.3 Å². The zero-order valence-electron chi connectivity index (χ0n) is 17.8. The standard InChI is InChI=1S/C19H19NO.C5H5N5/c1-4-16-12-15-10-7-9-14(3)18(15)19(21)20(16)17-11-6-5-8-13(17)2;6-4-3-5(9-1-7-3)10-2-8-4/h5-12H,4H2,1-3H3;1-2H,(H3,6,7,8,9,10). The number of imidazole rings is 1. The molecule has 0 atom stereocenters. The molecule has 5 aromatic rings. The van der Waals surface area contributed by atoms with Gasteiger partial charge in [-0.25, -0.2) is 15.0 Å². The molecular formula is C24H24N6O. The van der Waals surface area contributed by atoms with E-state index in [9.17, 15) is 4.79 Å². The summed E-state index contributed by atoms with van der Waals surface area (Å²) in [6, 6.07) is 16.2. The minimum atomic E-state index is 0.0803. The van der Waals surface area contributed by atoms with E-state index in [1.807, 2.05) is 60.9 Å². The Kier molecular flexibility index (Phi) is 5.49. The molecule has 31 heavy (non-hydrogen) atoms. The van der Waals surface area contributed by atoms with Crippen LogP contribution in [0.1, 0.15) is 23.7 Å². The van der Waals surface area contributed by atoms with Crippen LogP contribution in [0.5, 0.6) is 0 Å². The SMILES string of the molecule is CCc1cc2cccc(C)c2c(=O)n1-c1ccccc1C.Nc1ncnc2nc[nH]c12. The Bertz CT molecular complexity index is 1430. The topological polar surface area (TPSA) is 102 Å². The van der Waals surface area contributed by atoms with Crippen LogP contribution in [-0.4, -0.2) is 24.5 Å². The van der Waals surface area contributed by atoms with Gasteiger partial charge in [-0.3, -0.25) is 9.36 Å². The number of H-pyrrole nitrogens is 1. The van der Waals surface area contributed by atoms with Crippen molar-refractivity contribution in [3.63, 3.8) is 0 Å². The van der Waals surface area contributed by atoms with E-state index >= 15 is 0 Å². The molecule has 0 spiro atoms. The van der Waals surface area contributed by atoms with Crippen molar-refractivity contribution in [1.82, 2.24) is 24.5 Å². The molecule has 3 N–H and O–H groups in total. The molecule has 156 valence electrons. The first-order chi connectivity index (χ1) is 15.0. The predicted molar refractivity (Wildman–Crippen MR) is 124 cm³/mol. The molecule has 7 nitrogen and oxygen atoms in total. The van der Waals surface area contributed by atoms with Gasteiger partial charge in [0.15, 0.2) is 11.5 Å². The lowest BCUT2D eigenvalue weighted by molar-refractivity contribution is 0.882. The molecule has 0 radical (unpaired) electrons. The van der Waals surface area contributed by atoms with Crippen LogP contribution in [0, 0.1) is 13.8 Å². The fraction of sp³-hybridized carbons (Fsp3) is 0.167. The number of nitrogens with two attached hydrogens (primary N) is 1. The van der Waals surface area contributed by atoms with Crippen molar-refractivity contribution in [3.05, 3.63) is 88.4 Å². The average molecular weight is 412 g/mol. The fourth-order valence-corrected chi connectivity index (χ4v) is 3.71. The molecule has 0 aliphatic rings. The number of anilines is 1. The van der Waals surface area contributed by atoms with E-state index in [-0.39, 0.29) is 5.56 Å². The number of nitrogens with zero attached hydrogens (tertiary/aromatic N) is 4. The summed E-state index contributed by atoms with van der Waals surface area (Å²) in [6.45, 7) is 6.13. The molecule has 0 fully saturated rings. The largest absolute Gasteiger partial charge is 0.382 e. The van der Waals surface area contributed by atoms with Gasteiger partial charge >= 0.3 is 0 Å². The van der Waals surface area contributed by atoms with Gasteiger partial charge in [-0.05, 0) is 48.9 Å². The van der Waals surface area contributed by atoms with Gasteiger partial charge in [0, 0.05) is 5.69 Å². The maximum Gasteiger partial charge on any atom is 0.263 e. The molecule has 0 bridgehead atoms. The van der Waals surface area contributed by atoms with Crippen molar-refractivity contribution in [2.24, 2.45) is 0 Å². The van der Waals surface area contributed by atoms with E-state index < -0.39 is 0 Å². The third kappa shape index (κ3) is 3.77. The lowest BCUT2D eigenvalue weighted by atomic mass is 10.0. The van der Waals surface area contributed by atoms with E-state index in [1.165, 1.54) is 12.7 Å². The van der Waals surface area contributed by atoms with E-state index in [4.69, 9.17) is 5.73 Å². The van der Waals surface area contributed by atoms with E-state index in [1.54, 1.807) is 0 Å². The van der Waals surface area contributed by atoms with Crippen LogP contribution in [0.15, 0.2) is 66.0 Å². The highest BCUT2D eigenvalue weighted by Crippen LogP contribution is 2.20. The van der Waals surface area contributed by atoms with Gasteiger partial charge in [0.2, 0.25) is 0 Å². The molecule has 0 saturated carbocycles. The first-order valence-corrected chi connectivity index (χ1v) is 10.1. The smallest absolute Gasteiger partial charge is 0.263 e. The number of fused-ring (bicyclic) bond motifs is 2. The van der Waals surface area contributed by atoms with Gasteiger partial charge in [-0.2, -0.15) is 0 Å². The second-order valence-corrected chi connectivity index (χ2v) is 7.32. The predicted octanol–water partition coefficient (Wildman–Crippen LogP) is 4.11. The van der Waals surface area contributed by atoms with E-state index in [0.29, 0.717) is 17.0 Å². The summed E-state index contributed by atoms with van der Waals surface area (Å²) >= 11 is 0. The molecule has 5 rings (SSSR count). The van der Waals surface area contributed by atoms with Gasteiger partial charge in [0.1, 0.15) is 11.8 Å². The summed E-state index contributed by atoms with van der Waals surface area (Å²) in [7, 11) is 0. The molecule has 3 heterocycles. The van der Waals surface area contributed by atoms with Crippen molar-refractivity contribution in [3.8, 4) is 5.69 Å². The molecule has 7 heteroatoms. The molecule has 3 aromatic heterocycles. The number of hydrogen-bond acceptors (Lipinski definition) is 5. The highest BCUT2D eigenvalue weighted by Gasteiger charge is 2.12. The summed E-state index contributed by atoms with van der Waals surface area (Å²) in [5, 5.41) is 1.85. The number of hydrogen-bond donors (Lipinski definition) is 2. The lowest BCUT2D eigenvalue weighted by Crippen LogP contribution is -2.23. The maximum absolute atomic E-state index is 13.0. The van der Waals surface area contributed by atoms with Crippen LogP contribution in [0.3, 0.4) is 0 Å². The highest BCUT2D eigenvalue weighted by atomic mass is 16.1. The van der Waals surface area contributed by atoms with Crippen molar-refractivity contribution < 1.29 is 0 Å². The number of pyridine rings is 1. The summed E-state index contributed by atoms with van der Waals surface area (Å²) in [5.74, 6) is 0.433. The van der Waals surface area contributed by atoms with Crippen molar-refractivity contribution in [2.75, 3.05) is 5.73 Å². The number of aryl methyl sites for hydroxylation is 3. The molecule has 0 saturated heterocycles. The zero-order valence-corrected chi connectivity index (χ0v) is 17.8. The van der Waals surface area contributed by atoms with Crippen LogP contribution in [0.4, 0.5) is 5.82 Å². The molecular weight excluding hydrogens is 388 g/mol.